The molecule has 1 unspecified atom stereocenters. The predicted molar refractivity (Wildman–Crippen MR) is 65.9 cm³/mol. The first-order chi connectivity index (χ1) is 7.11. The fourth-order valence-corrected chi connectivity index (χ4v) is 2.19. The Morgan fingerprint density at radius 3 is 1.60 bits per heavy atom. The highest BCUT2D eigenvalue weighted by Crippen LogP contribution is 2.32. The van der Waals surface area contributed by atoms with E-state index in [9.17, 15) is 0 Å². The first kappa shape index (κ1) is 13.0. The lowest BCUT2D eigenvalue weighted by Crippen LogP contribution is -2.16. The molecule has 1 heteroatoms. The SMILES string of the molecule is CC(C)C1CCC1.CC(C)C1CCOC1. The van der Waals surface area contributed by atoms with Crippen LogP contribution in [-0.4, -0.2) is 13.2 Å². The van der Waals surface area contributed by atoms with Gasteiger partial charge >= 0.3 is 0 Å². The quantitative estimate of drug-likeness (QED) is 0.669. The van der Waals surface area contributed by atoms with Crippen LogP contribution in [0.2, 0.25) is 0 Å². The fourth-order valence-electron chi connectivity index (χ4n) is 2.19. The van der Waals surface area contributed by atoms with Crippen molar-refractivity contribution in [3.63, 3.8) is 0 Å². The van der Waals surface area contributed by atoms with Crippen molar-refractivity contribution in [1.82, 2.24) is 0 Å². The van der Waals surface area contributed by atoms with E-state index < -0.39 is 0 Å². The van der Waals surface area contributed by atoms with Crippen molar-refractivity contribution in [3.05, 3.63) is 0 Å². The zero-order valence-corrected chi connectivity index (χ0v) is 11.0. The van der Waals surface area contributed by atoms with Gasteiger partial charge in [-0.25, -0.2) is 0 Å². The molecule has 0 spiro atoms. The van der Waals surface area contributed by atoms with Gasteiger partial charge in [0.05, 0.1) is 0 Å². The maximum absolute atomic E-state index is 5.22. The van der Waals surface area contributed by atoms with Crippen molar-refractivity contribution >= 4 is 0 Å². The average molecular weight is 212 g/mol. The fraction of sp³-hybridized carbons (Fsp3) is 1.00. The van der Waals surface area contributed by atoms with E-state index in [0.717, 1.165) is 36.9 Å². The minimum absolute atomic E-state index is 0.817. The van der Waals surface area contributed by atoms with Gasteiger partial charge in [-0.2, -0.15) is 0 Å². The lowest BCUT2D eigenvalue weighted by Gasteiger charge is -2.28. The Labute approximate surface area is 95.6 Å². The maximum Gasteiger partial charge on any atom is 0.0497 e. The number of hydrogen-bond donors (Lipinski definition) is 0. The molecule has 1 atom stereocenters. The number of hydrogen-bond acceptors (Lipinski definition) is 1. The van der Waals surface area contributed by atoms with Crippen LogP contribution in [-0.2, 0) is 4.74 Å². The van der Waals surface area contributed by atoms with E-state index in [4.69, 9.17) is 4.74 Å². The van der Waals surface area contributed by atoms with E-state index in [0.29, 0.717) is 0 Å². The van der Waals surface area contributed by atoms with Gasteiger partial charge in [0.15, 0.2) is 0 Å². The van der Waals surface area contributed by atoms with Gasteiger partial charge < -0.3 is 4.74 Å². The summed E-state index contributed by atoms with van der Waals surface area (Å²) in [7, 11) is 0. The molecule has 2 aliphatic rings. The van der Waals surface area contributed by atoms with Crippen LogP contribution >= 0.6 is 0 Å². The van der Waals surface area contributed by atoms with Crippen molar-refractivity contribution in [2.75, 3.05) is 13.2 Å². The molecule has 0 bridgehead atoms. The van der Waals surface area contributed by atoms with Crippen LogP contribution < -0.4 is 0 Å². The Balaban J connectivity index is 0.000000151. The minimum atomic E-state index is 0.817. The summed E-state index contributed by atoms with van der Waals surface area (Å²) >= 11 is 0. The molecule has 2 fully saturated rings. The standard InChI is InChI=1S/C7H14O.C7H14/c1-6(2)7-3-4-8-5-7;1-6(2)7-4-3-5-7/h6-7H,3-5H2,1-2H3;6-7H,3-5H2,1-2H3. The van der Waals surface area contributed by atoms with E-state index in [1.54, 1.807) is 0 Å². The molecule has 2 rings (SSSR count). The topological polar surface area (TPSA) is 9.23 Å². The van der Waals surface area contributed by atoms with Crippen molar-refractivity contribution in [1.29, 1.82) is 0 Å². The molecular formula is C14H28O. The average Bonchev–Trinajstić information content (AvgIpc) is 2.51. The molecule has 1 saturated heterocycles. The second-order valence-electron chi connectivity index (χ2n) is 5.80. The lowest BCUT2D eigenvalue weighted by atomic mass is 9.78. The molecule has 0 amide bonds. The van der Waals surface area contributed by atoms with Gasteiger partial charge in [-0.05, 0) is 30.1 Å². The molecule has 0 radical (unpaired) electrons. The molecule has 1 aliphatic heterocycles. The zero-order valence-electron chi connectivity index (χ0n) is 11.0. The van der Waals surface area contributed by atoms with E-state index >= 15 is 0 Å². The smallest absolute Gasteiger partial charge is 0.0497 e. The van der Waals surface area contributed by atoms with E-state index in [2.05, 4.69) is 27.7 Å². The third kappa shape index (κ3) is 4.55. The molecule has 0 aromatic carbocycles. The Kier molecular flexibility index (Phi) is 5.66. The minimum Gasteiger partial charge on any atom is -0.381 e. The molecule has 0 aromatic heterocycles. The van der Waals surface area contributed by atoms with Crippen molar-refractivity contribution in [2.24, 2.45) is 23.7 Å². The monoisotopic (exact) mass is 212 g/mol. The normalized spacial score (nSPS) is 26.4. The Hall–Kier alpha value is -0.0400. The van der Waals surface area contributed by atoms with Crippen molar-refractivity contribution in [3.8, 4) is 0 Å². The van der Waals surface area contributed by atoms with Crippen LogP contribution in [0.1, 0.15) is 53.4 Å². The largest absolute Gasteiger partial charge is 0.381 e. The maximum atomic E-state index is 5.22. The highest BCUT2D eigenvalue weighted by molar-refractivity contribution is 4.71. The van der Waals surface area contributed by atoms with Crippen LogP contribution in [0.5, 0.6) is 0 Å². The van der Waals surface area contributed by atoms with Crippen LogP contribution in [0.3, 0.4) is 0 Å². The van der Waals surface area contributed by atoms with Gasteiger partial charge in [0.2, 0.25) is 0 Å². The summed E-state index contributed by atoms with van der Waals surface area (Å²) in [5.74, 6) is 3.70. The summed E-state index contributed by atoms with van der Waals surface area (Å²) in [5.41, 5.74) is 0. The van der Waals surface area contributed by atoms with Gasteiger partial charge in [-0.1, -0.05) is 47.0 Å². The second kappa shape index (κ2) is 6.52. The van der Waals surface area contributed by atoms with Crippen LogP contribution in [0.15, 0.2) is 0 Å². The van der Waals surface area contributed by atoms with Crippen molar-refractivity contribution in [2.45, 2.75) is 53.4 Å². The molecule has 1 heterocycles. The Morgan fingerprint density at radius 2 is 1.47 bits per heavy atom. The summed E-state index contributed by atoms with van der Waals surface area (Å²) < 4.78 is 5.22. The van der Waals surface area contributed by atoms with Gasteiger partial charge in [-0.15, -0.1) is 0 Å². The summed E-state index contributed by atoms with van der Waals surface area (Å²) in [6.45, 7) is 11.2. The van der Waals surface area contributed by atoms with Gasteiger partial charge in [0.1, 0.15) is 0 Å². The lowest BCUT2D eigenvalue weighted by molar-refractivity contribution is 0.177. The highest BCUT2D eigenvalue weighted by Gasteiger charge is 2.19. The summed E-state index contributed by atoms with van der Waals surface area (Å²) in [5, 5.41) is 0. The third-order valence-electron chi connectivity index (χ3n) is 4.00. The highest BCUT2D eigenvalue weighted by atomic mass is 16.5. The van der Waals surface area contributed by atoms with E-state index in [1.807, 2.05) is 0 Å². The molecule has 1 aliphatic carbocycles. The third-order valence-corrected chi connectivity index (χ3v) is 4.00. The van der Waals surface area contributed by atoms with Gasteiger partial charge in [-0.3, -0.25) is 0 Å². The summed E-state index contributed by atoms with van der Waals surface area (Å²) in [6.07, 6.45) is 5.76. The predicted octanol–water partition coefficient (Wildman–Crippen LogP) is 4.12. The first-order valence-electron chi connectivity index (χ1n) is 6.69. The molecule has 1 saturated carbocycles. The molecule has 0 N–H and O–H groups in total. The zero-order chi connectivity index (χ0) is 11.3. The molecule has 1 nitrogen and oxygen atoms in total. The summed E-state index contributed by atoms with van der Waals surface area (Å²) in [4.78, 5) is 0. The van der Waals surface area contributed by atoms with Crippen molar-refractivity contribution < 1.29 is 4.74 Å². The van der Waals surface area contributed by atoms with E-state index in [-0.39, 0.29) is 0 Å². The molecule has 90 valence electrons. The Morgan fingerprint density at radius 1 is 0.867 bits per heavy atom. The van der Waals surface area contributed by atoms with Crippen LogP contribution in [0, 0.1) is 23.7 Å². The molecule has 0 aromatic rings. The summed E-state index contributed by atoms with van der Waals surface area (Å²) in [6, 6.07) is 0. The molecular weight excluding hydrogens is 184 g/mol. The number of rotatable bonds is 2. The van der Waals surface area contributed by atoms with E-state index in [1.165, 1.54) is 25.7 Å². The van der Waals surface area contributed by atoms with Crippen LogP contribution in [0.4, 0.5) is 0 Å². The second-order valence-corrected chi connectivity index (χ2v) is 5.80. The van der Waals surface area contributed by atoms with Crippen LogP contribution in [0.25, 0.3) is 0 Å². The molecule has 15 heavy (non-hydrogen) atoms. The number of ether oxygens (including phenoxy) is 1. The van der Waals surface area contributed by atoms with Gasteiger partial charge in [0.25, 0.3) is 0 Å². The Bertz CT molecular complexity index is 153. The van der Waals surface area contributed by atoms with Gasteiger partial charge in [0, 0.05) is 13.2 Å². The first-order valence-corrected chi connectivity index (χ1v) is 6.69.